The van der Waals surface area contributed by atoms with Gasteiger partial charge < -0.3 is 9.47 Å². The number of benzene rings is 1. The van der Waals surface area contributed by atoms with Crippen LogP contribution in [0.3, 0.4) is 0 Å². The van der Waals surface area contributed by atoms with E-state index in [0.717, 1.165) is 0 Å². The third-order valence-electron chi connectivity index (χ3n) is 2.55. The molecule has 1 aliphatic heterocycles. The minimum absolute atomic E-state index is 0.0149. The van der Waals surface area contributed by atoms with E-state index in [1.165, 1.54) is 0 Å². The fourth-order valence-electron chi connectivity index (χ4n) is 1.70. The Balaban J connectivity index is 1.96. The van der Waals surface area contributed by atoms with Crippen LogP contribution in [0.25, 0.3) is 0 Å². The fraction of sp³-hybridized carbons (Fsp3) is 0.357. The van der Waals surface area contributed by atoms with Gasteiger partial charge in [-0.2, -0.15) is 0 Å². The largest absolute Gasteiger partial charge is 0.347 e. The highest BCUT2D eigenvalue weighted by atomic mass is 16.7. The van der Waals surface area contributed by atoms with Crippen LogP contribution in [-0.4, -0.2) is 24.3 Å². The Morgan fingerprint density at radius 2 is 2.06 bits per heavy atom. The summed E-state index contributed by atoms with van der Waals surface area (Å²) in [5, 5.41) is 0. The predicted molar refractivity (Wildman–Crippen MR) is 64.8 cm³/mol. The van der Waals surface area contributed by atoms with E-state index in [4.69, 9.17) is 9.47 Å². The Hall–Kier alpha value is -1.45. The van der Waals surface area contributed by atoms with Gasteiger partial charge in [-0.25, -0.2) is 0 Å². The Labute approximate surface area is 101 Å². The van der Waals surface area contributed by atoms with Gasteiger partial charge >= 0.3 is 0 Å². The van der Waals surface area contributed by atoms with E-state index in [0.29, 0.717) is 12.2 Å². The third-order valence-corrected chi connectivity index (χ3v) is 2.55. The van der Waals surface area contributed by atoms with E-state index in [2.05, 4.69) is 0 Å². The molecule has 17 heavy (non-hydrogen) atoms. The number of ketones is 1. The van der Waals surface area contributed by atoms with Gasteiger partial charge in [0.15, 0.2) is 11.6 Å². The lowest BCUT2D eigenvalue weighted by Crippen LogP contribution is -2.20. The van der Waals surface area contributed by atoms with Crippen LogP contribution in [0, 0.1) is 0 Å². The molecule has 1 unspecified atom stereocenters. The van der Waals surface area contributed by atoms with Crippen LogP contribution in [0.1, 0.15) is 24.2 Å². The lowest BCUT2D eigenvalue weighted by atomic mass is 10.1. The molecule has 0 amide bonds. The normalized spacial score (nSPS) is 23.1. The predicted octanol–water partition coefficient (Wildman–Crippen LogP) is 2.58. The Morgan fingerprint density at radius 1 is 1.35 bits per heavy atom. The summed E-state index contributed by atoms with van der Waals surface area (Å²) in [7, 11) is 0. The van der Waals surface area contributed by atoms with Gasteiger partial charge in [0.2, 0.25) is 0 Å². The van der Waals surface area contributed by atoms with Gasteiger partial charge in [0.05, 0.1) is 6.61 Å². The maximum absolute atomic E-state index is 11.8. The van der Waals surface area contributed by atoms with Crippen molar-refractivity contribution in [2.24, 2.45) is 0 Å². The number of hydrogen-bond acceptors (Lipinski definition) is 3. The van der Waals surface area contributed by atoms with Gasteiger partial charge in [-0.1, -0.05) is 30.3 Å². The molecule has 90 valence electrons. The van der Waals surface area contributed by atoms with Crippen molar-refractivity contribution in [1.29, 1.82) is 0 Å². The minimum atomic E-state index is -0.551. The van der Waals surface area contributed by atoms with Crippen LogP contribution in [0.4, 0.5) is 0 Å². The van der Waals surface area contributed by atoms with Crippen molar-refractivity contribution in [3.63, 3.8) is 0 Å². The van der Waals surface area contributed by atoms with Crippen molar-refractivity contribution < 1.29 is 14.3 Å². The van der Waals surface area contributed by atoms with Gasteiger partial charge in [0.25, 0.3) is 0 Å². The molecule has 1 heterocycles. The van der Waals surface area contributed by atoms with E-state index in [9.17, 15) is 4.79 Å². The van der Waals surface area contributed by atoms with Gasteiger partial charge in [-0.3, -0.25) is 4.79 Å². The standard InChI is InChI=1S/C14H16O3/c1-14(2)16-10-12(17-14)8-9-13(15)11-6-4-3-5-7-11/h3-9,12H,10H2,1-2H3/b9-8-. The molecule has 1 atom stereocenters. The van der Waals surface area contributed by atoms with Gasteiger partial charge in [-0.05, 0) is 26.0 Å². The Bertz CT molecular complexity index is 420. The zero-order chi connectivity index (χ0) is 12.3. The van der Waals surface area contributed by atoms with Crippen molar-refractivity contribution in [2.45, 2.75) is 25.7 Å². The highest BCUT2D eigenvalue weighted by molar-refractivity contribution is 6.04. The summed E-state index contributed by atoms with van der Waals surface area (Å²) in [6.07, 6.45) is 3.16. The number of hydrogen-bond donors (Lipinski definition) is 0. The van der Waals surface area contributed by atoms with Crippen LogP contribution in [-0.2, 0) is 9.47 Å². The summed E-state index contributed by atoms with van der Waals surface area (Å²) in [4.78, 5) is 11.8. The van der Waals surface area contributed by atoms with Crippen LogP contribution < -0.4 is 0 Å². The minimum Gasteiger partial charge on any atom is -0.347 e. The van der Waals surface area contributed by atoms with Crippen molar-refractivity contribution >= 4 is 5.78 Å². The zero-order valence-electron chi connectivity index (χ0n) is 10.1. The lowest BCUT2D eigenvalue weighted by Gasteiger charge is -2.15. The monoisotopic (exact) mass is 232 g/mol. The molecule has 1 aromatic carbocycles. The molecule has 0 radical (unpaired) electrons. The first-order chi connectivity index (χ1) is 8.07. The summed E-state index contributed by atoms with van der Waals surface area (Å²) in [5.74, 6) is -0.566. The Kier molecular flexibility index (Phi) is 3.41. The number of carbonyl (C=O) groups is 1. The van der Waals surface area contributed by atoms with Crippen molar-refractivity contribution in [3.05, 3.63) is 48.0 Å². The molecule has 1 saturated heterocycles. The summed E-state index contributed by atoms with van der Waals surface area (Å²) in [6.45, 7) is 4.21. The highest BCUT2D eigenvalue weighted by Gasteiger charge is 2.31. The molecule has 0 aliphatic carbocycles. The van der Waals surface area contributed by atoms with E-state index < -0.39 is 5.79 Å². The molecule has 2 rings (SSSR count). The quantitative estimate of drug-likeness (QED) is 0.593. The maximum atomic E-state index is 11.8. The first kappa shape index (κ1) is 12.0. The molecular weight excluding hydrogens is 216 g/mol. The molecule has 3 heteroatoms. The third kappa shape index (κ3) is 3.25. The first-order valence-corrected chi connectivity index (χ1v) is 5.66. The van der Waals surface area contributed by atoms with Gasteiger partial charge in [0.1, 0.15) is 6.10 Å². The lowest BCUT2D eigenvalue weighted by molar-refractivity contribution is -0.133. The maximum Gasteiger partial charge on any atom is 0.185 e. The fourth-order valence-corrected chi connectivity index (χ4v) is 1.70. The van der Waals surface area contributed by atoms with Crippen molar-refractivity contribution in [2.75, 3.05) is 6.61 Å². The molecule has 0 bridgehead atoms. The van der Waals surface area contributed by atoms with Crippen LogP contribution in [0.2, 0.25) is 0 Å². The van der Waals surface area contributed by atoms with Crippen LogP contribution in [0.5, 0.6) is 0 Å². The number of carbonyl (C=O) groups excluding carboxylic acids is 1. The average Bonchev–Trinajstić information content (AvgIpc) is 2.67. The molecule has 0 N–H and O–H groups in total. The number of ether oxygens (including phenoxy) is 2. The SMILES string of the molecule is CC1(C)OCC(/C=C\C(=O)c2ccccc2)O1. The number of allylic oxidation sites excluding steroid dienone is 1. The van der Waals surface area contributed by atoms with Gasteiger partial charge in [0, 0.05) is 5.56 Å². The second kappa shape index (κ2) is 4.82. The van der Waals surface area contributed by atoms with Crippen molar-refractivity contribution in [3.8, 4) is 0 Å². The first-order valence-electron chi connectivity index (χ1n) is 5.66. The topological polar surface area (TPSA) is 35.5 Å². The van der Waals surface area contributed by atoms with E-state index in [-0.39, 0.29) is 11.9 Å². The molecular formula is C14H16O3. The van der Waals surface area contributed by atoms with E-state index in [1.54, 1.807) is 24.3 Å². The molecule has 0 spiro atoms. The summed E-state index contributed by atoms with van der Waals surface area (Å²) in [5.41, 5.74) is 0.682. The highest BCUT2D eigenvalue weighted by Crippen LogP contribution is 2.22. The molecule has 0 aromatic heterocycles. The Morgan fingerprint density at radius 3 is 2.65 bits per heavy atom. The van der Waals surface area contributed by atoms with E-state index in [1.807, 2.05) is 32.0 Å². The average molecular weight is 232 g/mol. The molecule has 3 nitrogen and oxygen atoms in total. The van der Waals surface area contributed by atoms with Gasteiger partial charge in [-0.15, -0.1) is 0 Å². The van der Waals surface area contributed by atoms with Crippen molar-refractivity contribution in [1.82, 2.24) is 0 Å². The summed E-state index contributed by atoms with van der Waals surface area (Å²) < 4.78 is 11.0. The van der Waals surface area contributed by atoms with Crippen LogP contribution in [0.15, 0.2) is 42.5 Å². The summed E-state index contributed by atoms with van der Waals surface area (Å²) in [6, 6.07) is 9.17. The zero-order valence-corrected chi connectivity index (χ0v) is 10.1. The second-order valence-corrected chi connectivity index (χ2v) is 4.46. The second-order valence-electron chi connectivity index (χ2n) is 4.46. The van der Waals surface area contributed by atoms with Crippen LogP contribution >= 0.6 is 0 Å². The molecule has 1 aliphatic rings. The van der Waals surface area contributed by atoms with E-state index >= 15 is 0 Å². The molecule has 0 saturated carbocycles. The smallest absolute Gasteiger partial charge is 0.185 e. The molecule has 1 fully saturated rings. The number of rotatable bonds is 3. The summed E-state index contributed by atoms with van der Waals surface area (Å²) >= 11 is 0. The molecule has 1 aromatic rings.